The molecule has 0 unspecified atom stereocenters. The second-order valence-corrected chi connectivity index (χ2v) is 4.10. The van der Waals surface area contributed by atoms with Crippen LogP contribution in [0.1, 0.15) is 25.7 Å². The molecule has 0 radical (unpaired) electrons. The molecular formula is C9H17F3N2. The van der Waals surface area contributed by atoms with Crippen molar-refractivity contribution in [1.82, 2.24) is 5.32 Å². The van der Waals surface area contributed by atoms with Crippen molar-refractivity contribution in [1.29, 1.82) is 0 Å². The van der Waals surface area contributed by atoms with Gasteiger partial charge < -0.3 is 11.1 Å². The second kappa shape index (κ2) is 4.49. The Kier molecular flexibility index (Phi) is 3.78. The first kappa shape index (κ1) is 11.8. The normalized spacial score (nSPS) is 19.7. The summed E-state index contributed by atoms with van der Waals surface area (Å²) in [5.74, 6) is 0. The molecule has 0 bridgehead atoms. The average molecular weight is 210 g/mol. The van der Waals surface area contributed by atoms with Crippen LogP contribution in [0.5, 0.6) is 0 Å². The molecule has 0 aromatic heterocycles. The molecule has 0 atom stereocenters. The Hall–Kier alpha value is -0.290. The Morgan fingerprint density at radius 1 is 1.29 bits per heavy atom. The minimum atomic E-state index is -4.02. The maximum atomic E-state index is 11.7. The smallest absolute Gasteiger partial charge is 0.330 e. The summed E-state index contributed by atoms with van der Waals surface area (Å²) >= 11 is 0. The third kappa shape index (κ3) is 4.28. The predicted octanol–water partition coefficient (Wildman–Crippen LogP) is 1.66. The van der Waals surface area contributed by atoms with E-state index in [-0.39, 0.29) is 11.8 Å². The van der Waals surface area contributed by atoms with E-state index in [2.05, 4.69) is 5.32 Å². The van der Waals surface area contributed by atoms with Gasteiger partial charge in [-0.2, -0.15) is 13.2 Å². The van der Waals surface area contributed by atoms with Crippen LogP contribution < -0.4 is 11.1 Å². The highest BCUT2D eigenvalue weighted by Crippen LogP contribution is 2.43. The minimum Gasteiger partial charge on any atom is -0.330 e. The molecule has 1 rings (SSSR count). The number of alkyl halides is 3. The van der Waals surface area contributed by atoms with E-state index in [9.17, 15) is 13.2 Å². The fourth-order valence-electron chi connectivity index (χ4n) is 1.40. The minimum absolute atomic E-state index is 0.157. The second-order valence-electron chi connectivity index (χ2n) is 4.10. The number of nitrogens with two attached hydrogens (primary N) is 1. The van der Waals surface area contributed by atoms with Crippen molar-refractivity contribution in [3.63, 3.8) is 0 Å². The molecule has 0 aliphatic heterocycles. The summed E-state index contributed by atoms with van der Waals surface area (Å²) in [7, 11) is 0. The van der Waals surface area contributed by atoms with Crippen LogP contribution in [-0.2, 0) is 0 Å². The topological polar surface area (TPSA) is 38.0 Å². The van der Waals surface area contributed by atoms with Crippen LogP contribution in [0, 0.1) is 5.41 Å². The molecule has 0 aromatic rings. The number of hydrogen-bond acceptors (Lipinski definition) is 2. The molecular weight excluding hydrogens is 193 g/mol. The lowest BCUT2D eigenvalue weighted by atomic mass is 10.1. The summed E-state index contributed by atoms with van der Waals surface area (Å²) in [5, 5.41) is 3.03. The summed E-state index contributed by atoms with van der Waals surface area (Å²) in [6.07, 6.45) is -2.35. The SMILES string of the molecule is NCC1(CNCCCC(F)(F)F)CC1. The van der Waals surface area contributed by atoms with E-state index in [0.29, 0.717) is 13.1 Å². The van der Waals surface area contributed by atoms with E-state index in [4.69, 9.17) is 5.73 Å². The van der Waals surface area contributed by atoms with Crippen LogP contribution in [0.2, 0.25) is 0 Å². The lowest BCUT2D eigenvalue weighted by molar-refractivity contribution is -0.135. The van der Waals surface area contributed by atoms with Crippen molar-refractivity contribution >= 4 is 0 Å². The zero-order valence-corrected chi connectivity index (χ0v) is 8.16. The van der Waals surface area contributed by atoms with E-state index >= 15 is 0 Å². The molecule has 2 nitrogen and oxygen atoms in total. The first-order valence-electron chi connectivity index (χ1n) is 4.95. The van der Waals surface area contributed by atoms with Crippen LogP contribution in [0.15, 0.2) is 0 Å². The Morgan fingerprint density at radius 3 is 2.36 bits per heavy atom. The highest BCUT2D eigenvalue weighted by Gasteiger charge is 2.40. The van der Waals surface area contributed by atoms with Crippen LogP contribution in [0.4, 0.5) is 13.2 Å². The molecule has 0 amide bonds. The predicted molar refractivity (Wildman–Crippen MR) is 48.9 cm³/mol. The zero-order chi connectivity index (χ0) is 10.7. The summed E-state index contributed by atoms with van der Waals surface area (Å²) in [6, 6.07) is 0. The van der Waals surface area contributed by atoms with Crippen molar-refractivity contribution < 1.29 is 13.2 Å². The van der Waals surface area contributed by atoms with E-state index in [1.807, 2.05) is 0 Å². The van der Waals surface area contributed by atoms with Crippen LogP contribution in [-0.4, -0.2) is 25.8 Å². The van der Waals surface area contributed by atoms with Gasteiger partial charge in [0.2, 0.25) is 0 Å². The van der Waals surface area contributed by atoms with Gasteiger partial charge in [-0.15, -0.1) is 0 Å². The van der Waals surface area contributed by atoms with E-state index in [1.54, 1.807) is 0 Å². The summed E-state index contributed by atoms with van der Waals surface area (Å²) < 4.78 is 35.2. The molecule has 1 fully saturated rings. The van der Waals surface area contributed by atoms with Gasteiger partial charge in [-0.1, -0.05) is 0 Å². The zero-order valence-electron chi connectivity index (χ0n) is 8.16. The quantitative estimate of drug-likeness (QED) is 0.654. The number of halogens is 3. The molecule has 3 N–H and O–H groups in total. The van der Waals surface area contributed by atoms with Gasteiger partial charge in [-0.25, -0.2) is 0 Å². The number of hydrogen-bond donors (Lipinski definition) is 2. The lowest BCUT2D eigenvalue weighted by Gasteiger charge is -2.13. The highest BCUT2D eigenvalue weighted by atomic mass is 19.4. The van der Waals surface area contributed by atoms with Crippen molar-refractivity contribution in [3.8, 4) is 0 Å². The molecule has 0 spiro atoms. The maximum absolute atomic E-state index is 11.7. The largest absolute Gasteiger partial charge is 0.389 e. The fraction of sp³-hybridized carbons (Fsp3) is 1.00. The first-order chi connectivity index (χ1) is 6.47. The monoisotopic (exact) mass is 210 g/mol. The van der Waals surface area contributed by atoms with Gasteiger partial charge in [-0.05, 0) is 37.8 Å². The van der Waals surface area contributed by atoms with Gasteiger partial charge >= 0.3 is 6.18 Å². The van der Waals surface area contributed by atoms with E-state index < -0.39 is 12.6 Å². The molecule has 0 saturated heterocycles. The van der Waals surface area contributed by atoms with Crippen LogP contribution in [0.25, 0.3) is 0 Å². The van der Waals surface area contributed by atoms with Crippen molar-refractivity contribution in [2.75, 3.05) is 19.6 Å². The summed E-state index contributed by atoms with van der Waals surface area (Å²) in [4.78, 5) is 0. The maximum Gasteiger partial charge on any atom is 0.389 e. The van der Waals surface area contributed by atoms with Crippen molar-refractivity contribution in [2.45, 2.75) is 31.9 Å². The summed E-state index contributed by atoms with van der Waals surface area (Å²) in [6.45, 7) is 1.84. The summed E-state index contributed by atoms with van der Waals surface area (Å²) in [5.41, 5.74) is 5.74. The molecule has 0 heterocycles. The third-order valence-corrected chi connectivity index (χ3v) is 2.70. The Labute approximate surface area is 82.0 Å². The molecule has 84 valence electrons. The highest BCUT2D eigenvalue weighted by molar-refractivity contribution is 4.95. The fourth-order valence-corrected chi connectivity index (χ4v) is 1.40. The van der Waals surface area contributed by atoms with Crippen LogP contribution >= 0.6 is 0 Å². The molecule has 14 heavy (non-hydrogen) atoms. The third-order valence-electron chi connectivity index (χ3n) is 2.70. The Morgan fingerprint density at radius 2 is 1.93 bits per heavy atom. The van der Waals surface area contributed by atoms with Gasteiger partial charge in [-0.3, -0.25) is 0 Å². The Balaban J connectivity index is 1.95. The van der Waals surface area contributed by atoms with Gasteiger partial charge in [0.15, 0.2) is 0 Å². The average Bonchev–Trinajstić information content (AvgIpc) is 2.83. The van der Waals surface area contributed by atoms with Gasteiger partial charge in [0, 0.05) is 13.0 Å². The van der Waals surface area contributed by atoms with Gasteiger partial charge in [0.25, 0.3) is 0 Å². The number of nitrogens with one attached hydrogen (secondary N) is 1. The van der Waals surface area contributed by atoms with Crippen molar-refractivity contribution in [2.24, 2.45) is 11.1 Å². The van der Waals surface area contributed by atoms with Gasteiger partial charge in [0.1, 0.15) is 0 Å². The molecule has 1 aliphatic rings. The van der Waals surface area contributed by atoms with Crippen molar-refractivity contribution in [3.05, 3.63) is 0 Å². The standard InChI is InChI=1S/C9H17F3N2/c10-9(11,12)2-1-5-14-7-8(6-13)3-4-8/h14H,1-7,13H2. The number of rotatable bonds is 6. The van der Waals surface area contributed by atoms with Crippen LogP contribution in [0.3, 0.4) is 0 Å². The molecule has 1 aliphatic carbocycles. The molecule has 1 saturated carbocycles. The first-order valence-corrected chi connectivity index (χ1v) is 4.95. The lowest BCUT2D eigenvalue weighted by Crippen LogP contribution is -2.30. The molecule has 0 aromatic carbocycles. The van der Waals surface area contributed by atoms with Gasteiger partial charge in [0.05, 0.1) is 0 Å². The van der Waals surface area contributed by atoms with E-state index in [1.165, 1.54) is 0 Å². The Bertz CT molecular complexity index is 175. The molecule has 5 heteroatoms. The van der Waals surface area contributed by atoms with E-state index in [0.717, 1.165) is 19.4 Å².